The zero-order chi connectivity index (χ0) is 18.5. The molecule has 0 unspecified atom stereocenters. The lowest BCUT2D eigenvalue weighted by molar-refractivity contribution is 0.0683. The van der Waals surface area contributed by atoms with Crippen LogP contribution in [0.5, 0.6) is 11.5 Å². The molecule has 1 aliphatic rings. The van der Waals surface area contributed by atoms with Crippen LogP contribution in [-0.4, -0.2) is 31.1 Å². The summed E-state index contributed by atoms with van der Waals surface area (Å²) in [5.74, 6) is 1.46. The van der Waals surface area contributed by atoms with Crippen molar-refractivity contribution >= 4 is 11.6 Å². The van der Waals surface area contributed by atoms with E-state index < -0.39 is 0 Å². The molecule has 1 aliphatic heterocycles. The van der Waals surface area contributed by atoms with Gasteiger partial charge in [-0.2, -0.15) is 0 Å². The molecule has 1 amide bonds. The molecule has 0 bridgehead atoms. The molecule has 0 fully saturated rings. The van der Waals surface area contributed by atoms with Crippen molar-refractivity contribution in [2.75, 3.05) is 25.6 Å². The summed E-state index contributed by atoms with van der Waals surface area (Å²) in [5, 5.41) is 3.51. The first-order valence-corrected chi connectivity index (χ1v) is 9.16. The second kappa shape index (κ2) is 8.13. The van der Waals surface area contributed by atoms with Crippen LogP contribution in [0.4, 0.5) is 5.69 Å². The zero-order valence-electron chi connectivity index (χ0n) is 15.6. The maximum atomic E-state index is 13.0. The third kappa shape index (κ3) is 3.47. The van der Waals surface area contributed by atoms with Crippen LogP contribution < -0.4 is 14.8 Å². The SMILES string of the molecule is CCCOc1cc([C@@H]2Nc3ccccc3C(=O)N2CCC)ccc1OC. The highest BCUT2D eigenvalue weighted by Crippen LogP contribution is 2.37. The molecule has 26 heavy (non-hydrogen) atoms. The van der Waals surface area contributed by atoms with E-state index in [9.17, 15) is 4.79 Å². The predicted molar refractivity (Wildman–Crippen MR) is 103 cm³/mol. The average molecular weight is 354 g/mol. The van der Waals surface area contributed by atoms with E-state index in [1.807, 2.05) is 47.4 Å². The van der Waals surface area contributed by atoms with E-state index in [4.69, 9.17) is 9.47 Å². The highest BCUT2D eigenvalue weighted by atomic mass is 16.5. The van der Waals surface area contributed by atoms with Gasteiger partial charge in [0.2, 0.25) is 0 Å². The first-order valence-electron chi connectivity index (χ1n) is 9.16. The van der Waals surface area contributed by atoms with Crippen LogP contribution in [0.3, 0.4) is 0 Å². The summed E-state index contributed by atoms with van der Waals surface area (Å²) in [6.07, 6.45) is 1.58. The summed E-state index contributed by atoms with van der Waals surface area (Å²) in [5.41, 5.74) is 2.56. The Kier molecular flexibility index (Phi) is 5.66. The number of ether oxygens (including phenoxy) is 2. The van der Waals surface area contributed by atoms with Crippen LogP contribution in [0.1, 0.15) is 48.8 Å². The van der Waals surface area contributed by atoms with Crippen LogP contribution in [0.15, 0.2) is 42.5 Å². The minimum absolute atomic E-state index is 0.0537. The van der Waals surface area contributed by atoms with Crippen molar-refractivity contribution in [2.45, 2.75) is 32.9 Å². The van der Waals surface area contributed by atoms with E-state index in [0.717, 1.165) is 24.1 Å². The fourth-order valence-electron chi connectivity index (χ4n) is 3.22. The van der Waals surface area contributed by atoms with E-state index >= 15 is 0 Å². The number of amides is 1. The molecule has 2 aromatic carbocycles. The lowest BCUT2D eigenvalue weighted by Crippen LogP contribution is -2.43. The third-order valence-electron chi connectivity index (χ3n) is 4.45. The Labute approximate surface area is 154 Å². The third-order valence-corrected chi connectivity index (χ3v) is 4.45. The molecule has 0 saturated heterocycles. The number of methoxy groups -OCH3 is 1. The Bertz CT molecular complexity index is 776. The van der Waals surface area contributed by atoms with Crippen molar-refractivity contribution in [1.82, 2.24) is 4.90 Å². The van der Waals surface area contributed by atoms with Crippen LogP contribution in [0.25, 0.3) is 0 Å². The van der Waals surface area contributed by atoms with Gasteiger partial charge in [0.15, 0.2) is 11.5 Å². The number of rotatable bonds is 7. The minimum atomic E-state index is -0.229. The molecule has 0 aromatic heterocycles. The summed E-state index contributed by atoms with van der Waals surface area (Å²) >= 11 is 0. The molecule has 1 atom stereocenters. The van der Waals surface area contributed by atoms with Gasteiger partial charge in [0.05, 0.1) is 19.3 Å². The van der Waals surface area contributed by atoms with Gasteiger partial charge in [0.25, 0.3) is 5.91 Å². The van der Waals surface area contributed by atoms with Crippen molar-refractivity contribution in [3.63, 3.8) is 0 Å². The summed E-state index contributed by atoms with van der Waals surface area (Å²) in [7, 11) is 1.63. The molecule has 1 heterocycles. The van der Waals surface area contributed by atoms with Crippen molar-refractivity contribution in [3.05, 3.63) is 53.6 Å². The van der Waals surface area contributed by atoms with Gasteiger partial charge in [-0.25, -0.2) is 0 Å². The number of benzene rings is 2. The molecule has 0 spiro atoms. The van der Waals surface area contributed by atoms with Crippen LogP contribution in [0, 0.1) is 0 Å². The van der Waals surface area contributed by atoms with E-state index in [0.29, 0.717) is 30.2 Å². The lowest BCUT2D eigenvalue weighted by Gasteiger charge is -2.38. The van der Waals surface area contributed by atoms with Gasteiger partial charge in [-0.1, -0.05) is 32.0 Å². The fourth-order valence-corrected chi connectivity index (χ4v) is 3.22. The molecular formula is C21H26N2O3. The minimum Gasteiger partial charge on any atom is -0.493 e. The standard InChI is InChI=1S/C21H26N2O3/c1-4-12-23-20(22-17-9-7-6-8-16(17)21(23)24)15-10-11-18(25-3)19(14-15)26-13-5-2/h6-11,14,20,22H,4-5,12-13H2,1-3H3/t20-/m1/s1. The molecule has 5 heteroatoms. The van der Waals surface area contributed by atoms with Gasteiger partial charge in [-0.15, -0.1) is 0 Å². The number of anilines is 1. The quantitative estimate of drug-likeness (QED) is 0.797. The molecule has 0 radical (unpaired) electrons. The monoisotopic (exact) mass is 354 g/mol. The Morgan fingerprint density at radius 3 is 2.62 bits per heavy atom. The van der Waals surface area contributed by atoms with Gasteiger partial charge in [-0.05, 0) is 42.7 Å². The number of para-hydroxylation sites is 1. The van der Waals surface area contributed by atoms with Gasteiger partial charge >= 0.3 is 0 Å². The van der Waals surface area contributed by atoms with Crippen LogP contribution in [0.2, 0.25) is 0 Å². The summed E-state index contributed by atoms with van der Waals surface area (Å²) in [6.45, 7) is 5.45. The molecule has 3 rings (SSSR count). The van der Waals surface area contributed by atoms with E-state index in [1.165, 1.54) is 0 Å². The van der Waals surface area contributed by atoms with Gasteiger partial charge < -0.3 is 19.7 Å². The second-order valence-corrected chi connectivity index (χ2v) is 6.35. The van der Waals surface area contributed by atoms with Gasteiger partial charge in [0.1, 0.15) is 6.17 Å². The Hall–Kier alpha value is -2.69. The molecular weight excluding hydrogens is 328 g/mol. The number of hydrogen-bond donors (Lipinski definition) is 1. The summed E-state index contributed by atoms with van der Waals surface area (Å²) < 4.78 is 11.3. The Morgan fingerprint density at radius 2 is 1.88 bits per heavy atom. The fraction of sp³-hybridized carbons (Fsp3) is 0.381. The van der Waals surface area contributed by atoms with Crippen molar-refractivity contribution < 1.29 is 14.3 Å². The van der Waals surface area contributed by atoms with Crippen LogP contribution in [-0.2, 0) is 0 Å². The van der Waals surface area contributed by atoms with Crippen LogP contribution >= 0.6 is 0 Å². The molecule has 2 aromatic rings. The Morgan fingerprint density at radius 1 is 1.08 bits per heavy atom. The number of fused-ring (bicyclic) bond motifs is 1. The maximum Gasteiger partial charge on any atom is 0.257 e. The molecule has 138 valence electrons. The van der Waals surface area contributed by atoms with E-state index in [1.54, 1.807) is 7.11 Å². The van der Waals surface area contributed by atoms with Gasteiger partial charge in [-0.3, -0.25) is 4.79 Å². The van der Waals surface area contributed by atoms with E-state index in [2.05, 4.69) is 19.2 Å². The second-order valence-electron chi connectivity index (χ2n) is 6.35. The Balaban J connectivity index is 1.99. The lowest BCUT2D eigenvalue weighted by atomic mass is 10.0. The van der Waals surface area contributed by atoms with E-state index in [-0.39, 0.29) is 12.1 Å². The number of carbonyl (C=O) groups excluding carboxylic acids is 1. The molecule has 5 nitrogen and oxygen atoms in total. The largest absolute Gasteiger partial charge is 0.493 e. The number of nitrogens with zero attached hydrogens (tertiary/aromatic N) is 1. The molecule has 0 aliphatic carbocycles. The number of hydrogen-bond acceptors (Lipinski definition) is 4. The highest BCUT2D eigenvalue weighted by Gasteiger charge is 2.32. The number of nitrogens with one attached hydrogen (secondary N) is 1. The summed E-state index contributed by atoms with van der Waals surface area (Å²) in [6, 6.07) is 13.5. The first kappa shape index (κ1) is 18.1. The zero-order valence-corrected chi connectivity index (χ0v) is 15.6. The maximum absolute atomic E-state index is 13.0. The van der Waals surface area contributed by atoms with Crippen molar-refractivity contribution in [1.29, 1.82) is 0 Å². The molecule has 0 saturated carbocycles. The van der Waals surface area contributed by atoms with Gasteiger partial charge in [0, 0.05) is 12.2 Å². The smallest absolute Gasteiger partial charge is 0.257 e. The van der Waals surface area contributed by atoms with Crippen molar-refractivity contribution in [2.24, 2.45) is 0 Å². The first-order chi connectivity index (χ1) is 12.7. The number of carbonyl (C=O) groups is 1. The normalized spacial score (nSPS) is 16.0. The topological polar surface area (TPSA) is 50.8 Å². The molecule has 1 N–H and O–H groups in total. The highest BCUT2D eigenvalue weighted by molar-refractivity contribution is 6.01. The summed E-state index contributed by atoms with van der Waals surface area (Å²) in [4.78, 5) is 14.9. The average Bonchev–Trinajstić information content (AvgIpc) is 2.68. The predicted octanol–water partition coefficient (Wildman–Crippen LogP) is 4.46. The van der Waals surface area contributed by atoms with Crippen molar-refractivity contribution in [3.8, 4) is 11.5 Å².